The quantitative estimate of drug-likeness (QED) is 0.921. The van der Waals surface area contributed by atoms with Gasteiger partial charge >= 0.3 is 0 Å². The Kier molecular flexibility index (Phi) is 4.00. The van der Waals surface area contributed by atoms with Crippen molar-refractivity contribution < 1.29 is 0 Å². The minimum Gasteiger partial charge on any atom is -0.383 e. The Balaban J connectivity index is 1.95. The number of nitrogens with zero attached hydrogens (tertiary/aromatic N) is 2. The topological polar surface area (TPSA) is 43.8 Å². The van der Waals surface area contributed by atoms with E-state index in [1.54, 1.807) is 0 Å². The van der Waals surface area contributed by atoms with E-state index < -0.39 is 0 Å². The van der Waals surface area contributed by atoms with Gasteiger partial charge < -0.3 is 5.73 Å². The Morgan fingerprint density at radius 1 is 1.24 bits per heavy atom. The second kappa shape index (κ2) is 5.92. The molecular formula is C18H25N3. The Bertz CT molecular complexity index is 621. The molecule has 1 aliphatic carbocycles. The number of aromatic nitrogens is 2. The number of aryl methyl sites for hydroxylation is 2. The predicted octanol–water partition coefficient (Wildman–Crippen LogP) is 4.10. The number of benzene rings is 1. The molecule has 1 fully saturated rings. The van der Waals surface area contributed by atoms with Gasteiger partial charge in [0.05, 0.1) is 5.69 Å². The number of rotatable bonds is 3. The lowest BCUT2D eigenvalue weighted by Gasteiger charge is -2.21. The van der Waals surface area contributed by atoms with Gasteiger partial charge in [0.2, 0.25) is 0 Å². The second-order valence-electron chi connectivity index (χ2n) is 6.41. The monoisotopic (exact) mass is 283 g/mol. The van der Waals surface area contributed by atoms with Gasteiger partial charge in [-0.3, -0.25) is 4.68 Å². The Labute approximate surface area is 127 Å². The minimum atomic E-state index is 0.775. The van der Waals surface area contributed by atoms with Crippen molar-refractivity contribution in [3.63, 3.8) is 0 Å². The van der Waals surface area contributed by atoms with Crippen LogP contribution < -0.4 is 5.73 Å². The fourth-order valence-corrected chi connectivity index (χ4v) is 3.52. The number of nitrogens with two attached hydrogens (primary N) is 1. The molecule has 3 rings (SSSR count). The van der Waals surface area contributed by atoms with Crippen molar-refractivity contribution in [1.82, 2.24) is 9.78 Å². The standard InChI is InChI=1S/C18H25N3/c1-13-7-6-10-15(11-13)17-16(20-21(2)18(17)19)12-14-8-4-3-5-9-14/h6-7,10-11,14H,3-5,8-9,12,19H2,1-2H3. The van der Waals surface area contributed by atoms with Crippen molar-refractivity contribution in [2.45, 2.75) is 45.4 Å². The maximum absolute atomic E-state index is 6.29. The van der Waals surface area contributed by atoms with Gasteiger partial charge in [0.1, 0.15) is 5.82 Å². The van der Waals surface area contributed by atoms with Crippen LogP contribution in [0.1, 0.15) is 43.4 Å². The van der Waals surface area contributed by atoms with Crippen molar-refractivity contribution in [2.75, 3.05) is 5.73 Å². The van der Waals surface area contributed by atoms with Gasteiger partial charge in [0.15, 0.2) is 0 Å². The van der Waals surface area contributed by atoms with Gasteiger partial charge in [0.25, 0.3) is 0 Å². The Hall–Kier alpha value is -1.77. The second-order valence-corrected chi connectivity index (χ2v) is 6.41. The van der Waals surface area contributed by atoms with Crippen LogP contribution in [-0.4, -0.2) is 9.78 Å². The molecular weight excluding hydrogens is 258 g/mol. The molecule has 3 heteroatoms. The van der Waals surface area contributed by atoms with Crippen LogP contribution in [0.3, 0.4) is 0 Å². The van der Waals surface area contributed by atoms with E-state index in [1.807, 2.05) is 11.7 Å². The molecule has 0 spiro atoms. The van der Waals surface area contributed by atoms with E-state index in [1.165, 1.54) is 48.9 Å². The number of anilines is 1. The number of hydrogen-bond acceptors (Lipinski definition) is 2. The molecule has 0 atom stereocenters. The van der Waals surface area contributed by atoms with Crippen LogP contribution in [-0.2, 0) is 13.5 Å². The molecule has 2 aromatic rings. The third-order valence-electron chi connectivity index (χ3n) is 4.68. The first-order valence-electron chi connectivity index (χ1n) is 8.03. The molecule has 3 nitrogen and oxygen atoms in total. The van der Waals surface area contributed by atoms with Gasteiger partial charge in [-0.15, -0.1) is 0 Å². The van der Waals surface area contributed by atoms with Crippen molar-refractivity contribution in [3.05, 3.63) is 35.5 Å². The largest absolute Gasteiger partial charge is 0.383 e. The fraction of sp³-hybridized carbons (Fsp3) is 0.500. The third-order valence-corrected chi connectivity index (χ3v) is 4.68. The molecule has 21 heavy (non-hydrogen) atoms. The lowest BCUT2D eigenvalue weighted by Crippen LogP contribution is -2.10. The summed E-state index contributed by atoms with van der Waals surface area (Å²) in [6.45, 7) is 2.12. The Morgan fingerprint density at radius 2 is 2.00 bits per heavy atom. The van der Waals surface area contributed by atoms with Crippen molar-refractivity contribution in [3.8, 4) is 11.1 Å². The van der Waals surface area contributed by atoms with Crippen LogP contribution in [0.5, 0.6) is 0 Å². The zero-order valence-electron chi connectivity index (χ0n) is 13.1. The van der Waals surface area contributed by atoms with Gasteiger partial charge in [0, 0.05) is 12.6 Å². The van der Waals surface area contributed by atoms with Crippen LogP contribution in [0, 0.1) is 12.8 Å². The summed E-state index contributed by atoms with van der Waals surface area (Å²) < 4.78 is 1.83. The molecule has 112 valence electrons. The first kappa shape index (κ1) is 14.2. The highest BCUT2D eigenvalue weighted by Gasteiger charge is 2.21. The molecule has 1 heterocycles. The Morgan fingerprint density at radius 3 is 2.71 bits per heavy atom. The highest BCUT2D eigenvalue weighted by Crippen LogP contribution is 2.34. The number of hydrogen-bond donors (Lipinski definition) is 1. The molecule has 1 saturated carbocycles. The minimum absolute atomic E-state index is 0.775. The predicted molar refractivity (Wildman–Crippen MR) is 88.1 cm³/mol. The third kappa shape index (κ3) is 2.97. The number of nitrogen functional groups attached to an aromatic ring is 1. The van der Waals surface area contributed by atoms with E-state index in [2.05, 4.69) is 31.2 Å². The lowest BCUT2D eigenvalue weighted by atomic mass is 9.85. The zero-order chi connectivity index (χ0) is 14.8. The molecule has 1 aliphatic rings. The molecule has 0 bridgehead atoms. The maximum Gasteiger partial charge on any atom is 0.129 e. The van der Waals surface area contributed by atoms with Gasteiger partial charge in [-0.2, -0.15) is 5.10 Å². The summed E-state index contributed by atoms with van der Waals surface area (Å²) >= 11 is 0. The summed E-state index contributed by atoms with van der Waals surface area (Å²) in [5.41, 5.74) is 11.1. The molecule has 1 aromatic carbocycles. The van der Waals surface area contributed by atoms with E-state index in [0.717, 1.165) is 23.7 Å². The van der Waals surface area contributed by atoms with Gasteiger partial charge in [-0.25, -0.2) is 0 Å². The lowest BCUT2D eigenvalue weighted by molar-refractivity contribution is 0.354. The average Bonchev–Trinajstić information content (AvgIpc) is 2.75. The van der Waals surface area contributed by atoms with Crippen LogP contribution in [0.25, 0.3) is 11.1 Å². The average molecular weight is 283 g/mol. The molecule has 0 unspecified atom stereocenters. The van der Waals surface area contributed by atoms with Crippen molar-refractivity contribution in [2.24, 2.45) is 13.0 Å². The van der Waals surface area contributed by atoms with E-state index >= 15 is 0 Å². The summed E-state index contributed by atoms with van der Waals surface area (Å²) in [7, 11) is 1.94. The highest BCUT2D eigenvalue weighted by atomic mass is 15.3. The van der Waals surface area contributed by atoms with E-state index in [4.69, 9.17) is 10.8 Å². The van der Waals surface area contributed by atoms with E-state index in [0.29, 0.717) is 0 Å². The molecule has 0 saturated heterocycles. The van der Waals surface area contributed by atoms with Crippen LogP contribution in [0.4, 0.5) is 5.82 Å². The molecule has 0 amide bonds. The normalized spacial score (nSPS) is 16.3. The maximum atomic E-state index is 6.29. The van der Waals surface area contributed by atoms with Crippen molar-refractivity contribution in [1.29, 1.82) is 0 Å². The summed E-state index contributed by atoms with van der Waals surface area (Å²) in [5, 5.41) is 4.70. The SMILES string of the molecule is Cc1cccc(-c2c(CC3CCCCC3)nn(C)c2N)c1. The molecule has 0 radical (unpaired) electrons. The summed E-state index contributed by atoms with van der Waals surface area (Å²) in [6.07, 6.45) is 7.87. The smallest absolute Gasteiger partial charge is 0.129 e. The van der Waals surface area contributed by atoms with Crippen LogP contribution >= 0.6 is 0 Å². The molecule has 1 aromatic heterocycles. The first-order chi connectivity index (χ1) is 10.1. The fourth-order valence-electron chi connectivity index (χ4n) is 3.52. The first-order valence-corrected chi connectivity index (χ1v) is 8.03. The van der Waals surface area contributed by atoms with Gasteiger partial charge in [-0.05, 0) is 24.8 Å². The van der Waals surface area contributed by atoms with E-state index in [9.17, 15) is 0 Å². The van der Waals surface area contributed by atoms with Gasteiger partial charge in [-0.1, -0.05) is 61.9 Å². The summed E-state index contributed by atoms with van der Waals surface area (Å²) in [5.74, 6) is 1.56. The highest BCUT2D eigenvalue weighted by molar-refractivity contribution is 5.77. The van der Waals surface area contributed by atoms with E-state index in [-0.39, 0.29) is 0 Å². The summed E-state index contributed by atoms with van der Waals surface area (Å²) in [4.78, 5) is 0. The summed E-state index contributed by atoms with van der Waals surface area (Å²) in [6, 6.07) is 8.57. The van der Waals surface area contributed by atoms with Crippen LogP contribution in [0.15, 0.2) is 24.3 Å². The molecule has 0 aliphatic heterocycles. The van der Waals surface area contributed by atoms with Crippen LogP contribution in [0.2, 0.25) is 0 Å². The zero-order valence-corrected chi connectivity index (χ0v) is 13.1. The van der Waals surface area contributed by atoms with Crippen molar-refractivity contribution >= 4 is 5.82 Å². The molecule has 2 N–H and O–H groups in total.